The molecular weight excluding hydrogens is 513 g/mol. The summed E-state index contributed by atoms with van der Waals surface area (Å²) in [6.07, 6.45) is 3.28. The fraction of sp³-hybridized carbons (Fsp3) is 0.185. The summed E-state index contributed by atoms with van der Waals surface area (Å²) in [6.45, 7) is 2.10. The van der Waals surface area contributed by atoms with Gasteiger partial charge in [0.05, 0.1) is 17.3 Å². The van der Waals surface area contributed by atoms with Crippen LogP contribution in [0, 0.1) is 6.92 Å². The van der Waals surface area contributed by atoms with E-state index in [2.05, 4.69) is 20.6 Å². The molecule has 0 radical (unpaired) electrons. The molecule has 10 heteroatoms. The highest BCUT2D eigenvalue weighted by Gasteiger charge is 2.19. The van der Waals surface area contributed by atoms with Gasteiger partial charge in [-0.2, -0.15) is 0 Å². The molecule has 0 saturated heterocycles. The number of amides is 3. The predicted octanol–water partition coefficient (Wildman–Crippen LogP) is 5.29. The third-order valence-corrected chi connectivity index (χ3v) is 6.47. The lowest BCUT2D eigenvalue weighted by molar-refractivity contribution is -0.117. The molecule has 190 valence electrons. The summed E-state index contributed by atoms with van der Waals surface area (Å²) in [5.74, 6) is 0.244. The van der Waals surface area contributed by atoms with Crippen LogP contribution in [0.15, 0.2) is 67.0 Å². The molecule has 3 amide bonds. The number of likely N-dealkylation sites (N-methyl/N-ethyl adjacent to an activating group) is 1. The van der Waals surface area contributed by atoms with Gasteiger partial charge in [-0.05, 0) is 48.9 Å². The second-order valence-corrected chi connectivity index (χ2v) is 9.06. The number of hydrogen-bond donors (Lipinski definition) is 2. The molecule has 4 rings (SSSR count). The van der Waals surface area contributed by atoms with Crippen LogP contribution in [0.4, 0.5) is 10.5 Å². The molecule has 0 aliphatic heterocycles. The fourth-order valence-corrected chi connectivity index (χ4v) is 4.22. The Bertz CT molecular complexity index is 1430. The first-order valence-electron chi connectivity index (χ1n) is 11.5. The number of halogens is 2. The van der Waals surface area contributed by atoms with Crippen LogP contribution in [-0.2, 0) is 17.9 Å². The molecule has 0 unspecified atom stereocenters. The van der Waals surface area contributed by atoms with Crippen molar-refractivity contribution in [3.63, 3.8) is 0 Å². The van der Waals surface area contributed by atoms with Gasteiger partial charge in [0.2, 0.25) is 5.91 Å². The Morgan fingerprint density at radius 3 is 2.57 bits per heavy atom. The standard InChI is InChI=1S/C27H25Cl2N5O3/c1-17-6-7-19-4-3-5-23(26(19)33-17)37-16-20-21(28)8-9-22(25(20)29)34(2)24(35)15-32-27(36)31-14-18-10-12-30-13-11-18/h3-13H,14-16H2,1-2H3,(H2,31,32,36). The number of anilines is 1. The average Bonchev–Trinajstić information content (AvgIpc) is 2.90. The van der Waals surface area contributed by atoms with Gasteiger partial charge in [0, 0.05) is 47.7 Å². The van der Waals surface area contributed by atoms with E-state index in [-0.39, 0.29) is 24.1 Å². The van der Waals surface area contributed by atoms with Crippen LogP contribution < -0.4 is 20.3 Å². The number of nitrogens with zero attached hydrogens (tertiary/aromatic N) is 3. The molecule has 2 N–H and O–H groups in total. The van der Waals surface area contributed by atoms with E-state index in [0.717, 1.165) is 22.2 Å². The van der Waals surface area contributed by atoms with Crippen molar-refractivity contribution >= 4 is 51.7 Å². The molecule has 0 aliphatic carbocycles. The fourth-order valence-electron chi connectivity index (χ4n) is 3.61. The zero-order chi connectivity index (χ0) is 26.4. The average molecular weight is 538 g/mol. The molecule has 0 atom stereocenters. The molecule has 2 heterocycles. The molecular formula is C27H25Cl2N5O3. The van der Waals surface area contributed by atoms with Gasteiger partial charge in [-0.3, -0.25) is 9.78 Å². The number of urea groups is 1. The maximum atomic E-state index is 12.8. The van der Waals surface area contributed by atoms with E-state index in [1.54, 1.807) is 43.7 Å². The Morgan fingerprint density at radius 1 is 1.00 bits per heavy atom. The first-order valence-corrected chi connectivity index (χ1v) is 12.2. The smallest absolute Gasteiger partial charge is 0.315 e. The molecule has 0 spiro atoms. The zero-order valence-electron chi connectivity index (χ0n) is 20.3. The van der Waals surface area contributed by atoms with Gasteiger partial charge < -0.3 is 20.3 Å². The number of benzene rings is 2. The summed E-state index contributed by atoms with van der Waals surface area (Å²) in [6, 6.07) is 16.0. The van der Waals surface area contributed by atoms with Crippen LogP contribution in [0.5, 0.6) is 5.75 Å². The van der Waals surface area contributed by atoms with E-state index in [1.165, 1.54) is 4.90 Å². The number of para-hydroxylation sites is 1. The third kappa shape index (κ3) is 6.47. The summed E-state index contributed by atoms with van der Waals surface area (Å²) in [7, 11) is 1.58. The van der Waals surface area contributed by atoms with E-state index in [1.807, 2.05) is 37.3 Å². The summed E-state index contributed by atoms with van der Waals surface area (Å²) >= 11 is 13.1. The van der Waals surface area contributed by atoms with Gasteiger partial charge in [0.1, 0.15) is 17.9 Å². The molecule has 37 heavy (non-hydrogen) atoms. The van der Waals surface area contributed by atoms with E-state index >= 15 is 0 Å². The van der Waals surface area contributed by atoms with Crippen LogP contribution in [0.1, 0.15) is 16.8 Å². The first kappa shape index (κ1) is 26.2. The monoisotopic (exact) mass is 537 g/mol. The second kappa shape index (κ2) is 11.9. The van der Waals surface area contributed by atoms with Gasteiger partial charge in [-0.15, -0.1) is 0 Å². The van der Waals surface area contributed by atoms with Gasteiger partial charge in [-0.25, -0.2) is 9.78 Å². The molecule has 0 aliphatic rings. The minimum atomic E-state index is -0.464. The van der Waals surface area contributed by atoms with Crippen LogP contribution in [0.2, 0.25) is 10.0 Å². The molecule has 8 nitrogen and oxygen atoms in total. The highest BCUT2D eigenvalue weighted by molar-refractivity contribution is 6.38. The van der Waals surface area contributed by atoms with E-state index in [9.17, 15) is 9.59 Å². The van der Waals surface area contributed by atoms with Gasteiger partial charge in [-0.1, -0.05) is 41.4 Å². The van der Waals surface area contributed by atoms with Crippen LogP contribution >= 0.6 is 23.2 Å². The summed E-state index contributed by atoms with van der Waals surface area (Å²) in [5.41, 5.74) is 3.49. The second-order valence-electron chi connectivity index (χ2n) is 8.27. The van der Waals surface area contributed by atoms with Gasteiger partial charge in [0.25, 0.3) is 0 Å². The van der Waals surface area contributed by atoms with E-state index in [4.69, 9.17) is 27.9 Å². The number of hydrogen-bond acceptors (Lipinski definition) is 5. The lowest BCUT2D eigenvalue weighted by Gasteiger charge is -2.21. The van der Waals surface area contributed by atoms with Gasteiger partial charge in [0.15, 0.2) is 0 Å². The number of aryl methyl sites for hydroxylation is 1. The normalized spacial score (nSPS) is 10.7. The number of carbonyl (C=O) groups is 2. The highest BCUT2D eigenvalue weighted by atomic mass is 35.5. The van der Waals surface area contributed by atoms with Crippen molar-refractivity contribution in [3.8, 4) is 5.75 Å². The third-order valence-electron chi connectivity index (χ3n) is 5.70. The highest BCUT2D eigenvalue weighted by Crippen LogP contribution is 2.35. The summed E-state index contributed by atoms with van der Waals surface area (Å²) in [4.78, 5) is 34.8. The van der Waals surface area contributed by atoms with E-state index < -0.39 is 6.03 Å². The summed E-state index contributed by atoms with van der Waals surface area (Å²) < 4.78 is 6.06. The summed E-state index contributed by atoms with van der Waals surface area (Å²) in [5, 5.41) is 6.91. The lowest BCUT2D eigenvalue weighted by atomic mass is 10.1. The van der Waals surface area contributed by atoms with Crippen LogP contribution in [0.25, 0.3) is 10.9 Å². The Balaban J connectivity index is 1.40. The Labute approximate surface area is 224 Å². The molecule has 0 fully saturated rings. The van der Waals surface area contributed by atoms with Crippen molar-refractivity contribution in [3.05, 3.63) is 93.9 Å². The number of rotatable bonds is 8. The molecule has 0 saturated carbocycles. The number of fused-ring (bicyclic) bond motifs is 1. The zero-order valence-corrected chi connectivity index (χ0v) is 21.8. The first-order chi connectivity index (χ1) is 17.8. The number of ether oxygens (including phenoxy) is 1. The van der Waals surface area contributed by atoms with Crippen molar-refractivity contribution < 1.29 is 14.3 Å². The molecule has 4 aromatic rings. The van der Waals surface area contributed by atoms with Crippen molar-refractivity contribution in [2.45, 2.75) is 20.1 Å². The maximum Gasteiger partial charge on any atom is 0.315 e. The maximum absolute atomic E-state index is 12.8. The number of nitrogens with one attached hydrogen (secondary N) is 2. The van der Waals surface area contributed by atoms with Crippen molar-refractivity contribution in [2.75, 3.05) is 18.5 Å². The number of carbonyl (C=O) groups excluding carboxylic acids is 2. The number of pyridine rings is 2. The van der Waals surface area contributed by atoms with Crippen LogP contribution in [0.3, 0.4) is 0 Å². The molecule has 2 aromatic carbocycles. The van der Waals surface area contributed by atoms with Crippen molar-refractivity contribution in [1.82, 2.24) is 20.6 Å². The Morgan fingerprint density at radius 2 is 1.78 bits per heavy atom. The Kier molecular flexibility index (Phi) is 8.43. The Hall–Kier alpha value is -3.88. The molecule has 2 aromatic heterocycles. The van der Waals surface area contributed by atoms with Crippen molar-refractivity contribution in [2.24, 2.45) is 0 Å². The minimum absolute atomic E-state index is 0.0813. The van der Waals surface area contributed by atoms with Crippen LogP contribution in [-0.4, -0.2) is 35.5 Å². The number of aromatic nitrogens is 2. The topological polar surface area (TPSA) is 96.5 Å². The lowest BCUT2D eigenvalue weighted by Crippen LogP contribution is -2.42. The minimum Gasteiger partial charge on any atom is -0.487 e. The largest absolute Gasteiger partial charge is 0.487 e. The SMILES string of the molecule is Cc1ccc2cccc(OCc3c(Cl)ccc(N(C)C(=O)CNC(=O)NCc4ccncc4)c3Cl)c2n1. The van der Waals surface area contributed by atoms with E-state index in [0.29, 0.717) is 28.6 Å². The quantitative estimate of drug-likeness (QED) is 0.318. The predicted molar refractivity (Wildman–Crippen MR) is 145 cm³/mol. The van der Waals surface area contributed by atoms with Crippen molar-refractivity contribution in [1.29, 1.82) is 0 Å². The molecule has 0 bridgehead atoms. The van der Waals surface area contributed by atoms with Gasteiger partial charge >= 0.3 is 6.03 Å².